The Morgan fingerprint density at radius 2 is 1.73 bits per heavy atom. The standard InChI is InChI=1S/C42H59NO9/c1-3-4-14-38(48)39(49)24-20-32-19-18-31-10-6-5-9-30(31)11-7-15-40(42(2,52)27-29-16-21-34(46)22-17-29)43-37(36(32)26-35(47)28-44)13-8-12-33(45)23-25-41(50)51/h5-6,9-10,16-17,20-22,24,33,35,37-40,43-49,52H,3-4,8,12-15,18-19,23,25-28H2,1-2H3,(H,50,51). The van der Waals surface area contributed by atoms with Gasteiger partial charge in [-0.3, -0.25) is 4.79 Å². The fraction of sp³-hybridized carbons (Fsp3) is 0.548. The molecule has 7 atom stereocenters. The molecule has 0 radical (unpaired) electrons. The topological polar surface area (TPSA) is 191 Å². The van der Waals surface area contributed by atoms with Crippen LogP contribution < -0.4 is 5.32 Å². The van der Waals surface area contributed by atoms with Gasteiger partial charge in [-0.05, 0) is 98.8 Å². The minimum atomic E-state index is -1.36. The van der Waals surface area contributed by atoms with Gasteiger partial charge in [0.1, 0.15) is 5.75 Å². The quantitative estimate of drug-likeness (QED) is 0.0946. The van der Waals surface area contributed by atoms with E-state index in [1.54, 1.807) is 43.3 Å². The number of allylic oxidation sites excluding steroid dienone is 2. The molecule has 0 fully saturated rings. The molecule has 0 saturated carbocycles. The van der Waals surface area contributed by atoms with Crippen LogP contribution in [0, 0.1) is 11.8 Å². The van der Waals surface area contributed by atoms with E-state index in [4.69, 9.17) is 5.11 Å². The molecule has 7 unspecified atom stereocenters. The van der Waals surface area contributed by atoms with Gasteiger partial charge in [0.15, 0.2) is 0 Å². The van der Waals surface area contributed by atoms with Crippen molar-refractivity contribution in [2.45, 2.75) is 139 Å². The number of benzene rings is 2. The van der Waals surface area contributed by atoms with Gasteiger partial charge >= 0.3 is 5.97 Å². The zero-order valence-electron chi connectivity index (χ0n) is 30.6. The van der Waals surface area contributed by atoms with Crippen LogP contribution in [0.25, 0.3) is 0 Å². The summed E-state index contributed by atoms with van der Waals surface area (Å²) >= 11 is 0. The largest absolute Gasteiger partial charge is 0.508 e. The lowest BCUT2D eigenvalue weighted by Gasteiger charge is -2.38. The summed E-state index contributed by atoms with van der Waals surface area (Å²) in [6, 6.07) is 13.4. The molecule has 9 N–H and O–H groups in total. The van der Waals surface area contributed by atoms with Crippen LogP contribution in [-0.4, -0.2) is 95.5 Å². The van der Waals surface area contributed by atoms with E-state index in [-0.39, 0.29) is 37.9 Å². The van der Waals surface area contributed by atoms with Crippen molar-refractivity contribution in [3.05, 3.63) is 88.5 Å². The van der Waals surface area contributed by atoms with Crippen molar-refractivity contribution in [1.29, 1.82) is 0 Å². The molecule has 286 valence electrons. The third kappa shape index (κ3) is 14.5. The molecule has 10 nitrogen and oxygen atoms in total. The van der Waals surface area contributed by atoms with E-state index in [0.717, 1.165) is 40.7 Å². The van der Waals surface area contributed by atoms with Crippen LogP contribution in [0.4, 0.5) is 0 Å². The molecule has 2 aromatic rings. The number of hydrogen-bond donors (Lipinski definition) is 9. The average molecular weight is 722 g/mol. The number of aryl methyl sites for hydroxylation is 1. The van der Waals surface area contributed by atoms with Gasteiger partial charge in [-0.15, -0.1) is 0 Å². The smallest absolute Gasteiger partial charge is 0.303 e. The summed E-state index contributed by atoms with van der Waals surface area (Å²) in [5.74, 6) is 5.73. The molecule has 0 spiro atoms. The van der Waals surface area contributed by atoms with Crippen LogP contribution in [0.1, 0.15) is 101 Å². The first-order valence-electron chi connectivity index (χ1n) is 18.6. The number of unbranched alkanes of at least 4 members (excludes halogenated alkanes) is 1. The Morgan fingerprint density at radius 3 is 2.42 bits per heavy atom. The average Bonchev–Trinajstić information content (AvgIpc) is 3.11. The van der Waals surface area contributed by atoms with Crippen molar-refractivity contribution in [3.63, 3.8) is 0 Å². The SMILES string of the molecule is CCCCC(O)C(O)C=CC1=C(CC(O)CO)C(CCCC(O)CCC(=O)O)NC(C(C)(O)Cc2ccc(O)cc2)CC#Cc2ccccc2CC1. The normalized spacial score (nSPS) is 20.4. The molecular formula is C42H59NO9. The van der Waals surface area contributed by atoms with Crippen LogP contribution in [0.2, 0.25) is 0 Å². The van der Waals surface area contributed by atoms with Crippen molar-refractivity contribution in [3.8, 4) is 17.6 Å². The first-order valence-corrected chi connectivity index (χ1v) is 18.6. The van der Waals surface area contributed by atoms with E-state index >= 15 is 0 Å². The monoisotopic (exact) mass is 721 g/mol. The Bertz CT molecular complexity index is 1510. The number of carboxylic acids is 1. The van der Waals surface area contributed by atoms with Gasteiger partial charge in [0.2, 0.25) is 0 Å². The number of aromatic hydroxyl groups is 1. The Morgan fingerprint density at radius 1 is 1.00 bits per heavy atom. The first kappa shape index (κ1) is 42.9. The summed E-state index contributed by atoms with van der Waals surface area (Å²) in [4.78, 5) is 11.1. The van der Waals surface area contributed by atoms with Crippen molar-refractivity contribution >= 4 is 5.97 Å². The number of carbonyl (C=O) groups is 1. The van der Waals surface area contributed by atoms with Crippen LogP contribution in [0.5, 0.6) is 5.75 Å². The first-order chi connectivity index (χ1) is 24.8. The molecule has 0 aliphatic carbocycles. The Hall–Kier alpha value is -3.53. The second-order valence-corrected chi connectivity index (χ2v) is 14.3. The molecular weight excluding hydrogens is 662 g/mol. The lowest BCUT2D eigenvalue weighted by Crippen LogP contribution is -2.54. The molecule has 1 aliphatic rings. The van der Waals surface area contributed by atoms with E-state index in [9.17, 15) is 40.5 Å². The number of fused-ring (bicyclic) bond motifs is 1. The lowest BCUT2D eigenvalue weighted by atomic mass is 9.83. The molecule has 2 aromatic carbocycles. The molecule has 0 saturated heterocycles. The van der Waals surface area contributed by atoms with E-state index in [0.29, 0.717) is 38.5 Å². The summed E-state index contributed by atoms with van der Waals surface area (Å²) in [5, 5.41) is 87.9. The molecule has 0 aromatic heterocycles. The summed E-state index contributed by atoms with van der Waals surface area (Å²) in [6.07, 6.45) is 4.25. The number of nitrogens with one attached hydrogen (secondary N) is 1. The number of carboxylic acid groups (broad SMARTS) is 1. The minimum Gasteiger partial charge on any atom is -0.508 e. The predicted molar refractivity (Wildman–Crippen MR) is 202 cm³/mol. The molecule has 3 rings (SSSR count). The highest BCUT2D eigenvalue weighted by molar-refractivity contribution is 5.66. The van der Waals surface area contributed by atoms with Crippen LogP contribution in [0.15, 0.2) is 71.8 Å². The maximum absolute atomic E-state index is 12.1. The van der Waals surface area contributed by atoms with Crippen LogP contribution >= 0.6 is 0 Å². The highest BCUT2D eigenvalue weighted by Crippen LogP contribution is 2.30. The van der Waals surface area contributed by atoms with Gasteiger partial charge in [-0.2, -0.15) is 0 Å². The third-order valence-electron chi connectivity index (χ3n) is 9.82. The van der Waals surface area contributed by atoms with Gasteiger partial charge in [0.05, 0.1) is 36.6 Å². The van der Waals surface area contributed by atoms with Crippen molar-refractivity contribution in [2.24, 2.45) is 0 Å². The second kappa shape index (κ2) is 21.9. The van der Waals surface area contributed by atoms with Gasteiger partial charge in [0, 0.05) is 36.9 Å². The van der Waals surface area contributed by atoms with Crippen molar-refractivity contribution < 1.29 is 45.6 Å². The number of phenolic OH excluding ortho intramolecular Hbond substituents is 1. The Labute approximate surface area is 308 Å². The third-order valence-corrected chi connectivity index (χ3v) is 9.82. The number of rotatable bonds is 19. The van der Waals surface area contributed by atoms with Crippen LogP contribution in [0.3, 0.4) is 0 Å². The number of aliphatic carboxylic acids is 1. The van der Waals surface area contributed by atoms with E-state index in [1.807, 2.05) is 31.2 Å². The van der Waals surface area contributed by atoms with E-state index in [1.165, 1.54) is 0 Å². The number of aliphatic hydroxyl groups excluding tert-OH is 5. The predicted octanol–water partition coefficient (Wildman–Crippen LogP) is 4.30. The fourth-order valence-electron chi connectivity index (χ4n) is 6.67. The second-order valence-electron chi connectivity index (χ2n) is 14.3. The molecule has 1 aliphatic heterocycles. The van der Waals surface area contributed by atoms with E-state index in [2.05, 4.69) is 17.2 Å². The summed E-state index contributed by atoms with van der Waals surface area (Å²) in [7, 11) is 0. The zero-order valence-corrected chi connectivity index (χ0v) is 30.6. The summed E-state index contributed by atoms with van der Waals surface area (Å²) < 4.78 is 0. The molecule has 0 bridgehead atoms. The highest BCUT2D eigenvalue weighted by Gasteiger charge is 2.35. The Kier molecular flexibility index (Phi) is 18.0. The maximum atomic E-state index is 12.1. The number of phenols is 1. The maximum Gasteiger partial charge on any atom is 0.303 e. The van der Waals surface area contributed by atoms with Crippen molar-refractivity contribution in [1.82, 2.24) is 5.32 Å². The van der Waals surface area contributed by atoms with E-state index < -0.39 is 54.7 Å². The van der Waals surface area contributed by atoms with Crippen LogP contribution in [-0.2, 0) is 17.6 Å². The van der Waals surface area contributed by atoms with Gasteiger partial charge < -0.3 is 46.2 Å². The highest BCUT2D eigenvalue weighted by atomic mass is 16.4. The van der Waals surface area contributed by atoms with Crippen molar-refractivity contribution in [2.75, 3.05) is 6.61 Å². The minimum absolute atomic E-state index is 0.0735. The molecule has 10 heteroatoms. The number of aliphatic hydroxyl groups is 6. The van der Waals surface area contributed by atoms with Gasteiger partial charge in [-0.1, -0.05) is 74.1 Å². The molecule has 1 heterocycles. The fourth-order valence-corrected chi connectivity index (χ4v) is 6.67. The summed E-state index contributed by atoms with van der Waals surface area (Å²) in [5.41, 5.74) is 2.85. The molecule has 52 heavy (non-hydrogen) atoms. The number of hydrogen-bond acceptors (Lipinski definition) is 9. The molecule has 0 amide bonds. The Balaban J connectivity index is 2.16. The summed E-state index contributed by atoms with van der Waals surface area (Å²) in [6.45, 7) is 3.25. The van der Waals surface area contributed by atoms with Gasteiger partial charge in [-0.25, -0.2) is 0 Å². The van der Waals surface area contributed by atoms with Gasteiger partial charge in [0.25, 0.3) is 0 Å². The lowest BCUT2D eigenvalue weighted by molar-refractivity contribution is -0.137. The zero-order chi connectivity index (χ0) is 38.1.